The van der Waals surface area contributed by atoms with E-state index in [-0.39, 0.29) is 11.6 Å². The number of ether oxygens (including phenoxy) is 1. The van der Waals surface area contributed by atoms with Gasteiger partial charge in [0.25, 0.3) is 5.69 Å². The molecule has 0 unspecified atom stereocenters. The summed E-state index contributed by atoms with van der Waals surface area (Å²) >= 11 is 0. The lowest BCUT2D eigenvalue weighted by atomic mass is 10.1. The van der Waals surface area contributed by atoms with Crippen LogP contribution < -0.4 is 10.1 Å². The fourth-order valence-electron chi connectivity index (χ4n) is 3.12. The highest BCUT2D eigenvalue weighted by atomic mass is 16.6. The topological polar surface area (TPSA) is 112 Å². The maximum Gasteiger partial charge on any atom is 0.270 e. The number of aryl methyl sites for hydroxylation is 1. The normalized spacial score (nSPS) is 11.1. The highest BCUT2D eigenvalue weighted by molar-refractivity contribution is 6.03. The average Bonchev–Trinajstić information content (AvgIpc) is 3.21. The van der Waals surface area contributed by atoms with Gasteiger partial charge in [0.1, 0.15) is 16.8 Å². The number of aromatic nitrogens is 3. The second kappa shape index (κ2) is 8.68. The molecule has 0 spiro atoms. The monoisotopic (exact) mass is 429 g/mol. The summed E-state index contributed by atoms with van der Waals surface area (Å²) in [6, 6.07) is 17.0. The maximum absolute atomic E-state index is 12.4. The molecule has 0 bridgehead atoms. The van der Waals surface area contributed by atoms with Gasteiger partial charge >= 0.3 is 0 Å². The van der Waals surface area contributed by atoms with Crippen LogP contribution in [0, 0.1) is 17.0 Å². The Morgan fingerprint density at radius 3 is 2.50 bits per heavy atom. The third-order valence-electron chi connectivity index (χ3n) is 4.80. The molecule has 0 aliphatic rings. The van der Waals surface area contributed by atoms with Crippen LogP contribution in [0.25, 0.3) is 22.8 Å². The number of fused-ring (bicyclic) bond motifs is 1. The van der Waals surface area contributed by atoms with E-state index in [1.54, 1.807) is 25.3 Å². The zero-order valence-corrected chi connectivity index (χ0v) is 17.4. The molecule has 1 N–H and O–H groups in total. The molecule has 0 fully saturated rings. The first kappa shape index (κ1) is 20.7. The molecular formula is C23H19N5O4. The van der Waals surface area contributed by atoms with Gasteiger partial charge in [-0.25, -0.2) is 0 Å². The molecule has 32 heavy (non-hydrogen) atoms. The highest BCUT2D eigenvalue weighted by Crippen LogP contribution is 2.23. The molecule has 0 aliphatic carbocycles. The minimum Gasteiger partial charge on any atom is -0.497 e. The van der Waals surface area contributed by atoms with Crippen LogP contribution in [0.1, 0.15) is 11.1 Å². The summed E-state index contributed by atoms with van der Waals surface area (Å²) in [5.41, 5.74) is 4.07. The third kappa shape index (κ3) is 4.46. The molecule has 1 aromatic heterocycles. The Morgan fingerprint density at radius 1 is 1.09 bits per heavy atom. The number of carbonyl (C=O) groups is 1. The molecule has 0 saturated carbocycles. The molecule has 0 saturated heterocycles. The molecule has 0 atom stereocenters. The number of nitrogens with zero attached hydrogens (tertiary/aromatic N) is 4. The van der Waals surface area contributed by atoms with Crippen molar-refractivity contribution in [2.75, 3.05) is 12.4 Å². The minimum absolute atomic E-state index is 0.0335. The van der Waals surface area contributed by atoms with Crippen LogP contribution in [0.5, 0.6) is 5.75 Å². The smallest absolute Gasteiger partial charge is 0.270 e. The van der Waals surface area contributed by atoms with Crippen LogP contribution in [-0.4, -0.2) is 32.9 Å². The van der Waals surface area contributed by atoms with Gasteiger partial charge in [0.05, 0.1) is 17.7 Å². The van der Waals surface area contributed by atoms with Gasteiger partial charge in [-0.05, 0) is 60.5 Å². The van der Waals surface area contributed by atoms with Gasteiger partial charge in [-0.3, -0.25) is 14.9 Å². The van der Waals surface area contributed by atoms with Crippen LogP contribution in [0.4, 0.5) is 11.4 Å². The van der Waals surface area contributed by atoms with Crippen molar-refractivity contribution in [1.82, 2.24) is 15.0 Å². The number of anilines is 1. The van der Waals surface area contributed by atoms with E-state index in [1.807, 2.05) is 37.3 Å². The summed E-state index contributed by atoms with van der Waals surface area (Å²) < 4.78 is 5.17. The Kier molecular flexibility index (Phi) is 5.63. The zero-order valence-electron chi connectivity index (χ0n) is 17.4. The molecule has 4 aromatic rings. The van der Waals surface area contributed by atoms with Crippen LogP contribution >= 0.6 is 0 Å². The summed E-state index contributed by atoms with van der Waals surface area (Å²) in [5.74, 6) is 0.381. The molecular weight excluding hydrogens is 410 g/mol. The number of benzene rings is 3. The second-order valence-corrected chi connectivity index (χ2v) is 7.02. The van der Waals surface area contributed by atoms with E-state index in [0.717, 1.165) is 17.0 Å². The first-order chi connectivity index (χ1) is 15.4. The number of amides is 1. The van der Waals surface area contributed by atoms with Gasteiger partial charge in [-0.1, -0.05) is 12.1 Å². The molecule has 0 radical (unpaired) electrons. The Morgan fingerprint density at radius 2 is 1.81 bits per heavy atom. The van der Waals surface area contributed by atoms with Crippen LogP contribution in [0.3, 0.4) is 0 Å². The van der Waals surface area contributed by atoms with Gasteiger partial charge in [0.15, 0.2) is 0 Å². The Labute approximate surface area is 183 Å². The number of nitrogens with one attached hydrogen (secondary N) is 1. The van der Waals surface area contributed by atoms with Crippen molar-refractivity contribution in [2.24, 2.45) is 0 Å². The van der Waals surface area contributed by atoms with Crippen LogP contribution in [0.2, 0.25) is 0 Å². The van der Waals surface area contributed by atoms with Crippen molar-refractivity contribution in [3.05, 3.63) is 88.0 Å². The van der Waals surface area contributed by atoms with E-state index in [1.165, 1.54) is 29.1 Å². The van der Waals surface area contributed by atoms with Crippen molar-refractivity contribution in [3.63, 3.8) is 0 Å². The van der Waals surface area contributed by atoms with E-state index < -0.39 is 4.92 Å². The largest absolute Gasteiger partial charge is 0.497 e. The first-order valence-corrected chi connectivity index (χ1v) is 9.68. The van der Waals surface area contributed by atoms with E-state index in [9.17, 15) is 14.9 Å². The van der Waals surface area contributed by atoms with Gasteiger partial charge in [-0.2, -0.15) is 4.80 Å². The summed E-state index contributed by atoms with van der Waals surface area (Å²) in [4.78, 5) is 24.3. The van der Waals surface area contributed by atoms with E-state index in [2.05, 4.69) is 15.5 Å². The Bertz CT molecular complexity index is 1340. The standard InChI is InChI=1S/C23H19N5O4/c1-15-12-21-22(26-27(25-21)17-7-9-19(32-2)10-8-17)14-20(15)24-23(29)11-6-16-4-3-5-18(13-16)28(30)31/h3-14H,1-2H3,(H,24,29)/b11-6+. The Hall–Kier alpha value is -4.53. The molecule has 0 aliphatic heterocycles. The summed E-state index contributed by atoms with van der Waals surface area (Å²) in [7, 11) is 1.60. The predicted molar refractivity (Wildman–Crippen MR) is 121 cm³/mol. The van der Waals surface area contributed by atoms with Gasteiger partial charge in [0, 0.05) is 23.9 Å². The van der Waals surface area contributed by atoms with Gasteiger partial charge in [-0.15, -0.1) is 10.2 Å². The van der Waals surface area contributed by atoms with Crippen LogP contribution in [0.15, 0.2) is 66.7 Å². The Balaban J connectivity index is 1.53. The lowest BCUT2D eigenvalue weighted by molar-refractivity contribution is -0.384. The fourth-order valence-corrected chi connectivity index (χ4v) is 3.12. The molecule has 9 heteroatoms. The number of hydrogen-bond donors (Lipinski definition) is 1. The number of nitro benzene ring substituents is 1. The number of methoxy groups -OCH3 is 1. The lowest BCUT2D eigenvalue weighted by Crippen LogP contribution is -2.08. The first-order valence-electron chi connectivity index (χ1n) is 9.68. The molecule has 1 heterocycles. The van der Waals surface area contributed by atoms with Crippen molar-refractivity contribution < 1.29 is 14.5 Å². The van der Waals surface area contributed by atoms with E-state index >= 15 is 0 Å². The average molecular weight is 429 g/mol. The highest BCUT2D eigenvalue weighted by Gasteiger charge is 2.10. The fraction of sp³-hybridized carbons (Fsp3) is 0.0870. The molecule has 9 nitrogen and oxygen atoms in total. The van der Waals surface area contributed by atoms with Crippen molar-refractivity contribution in [2.45, 2.75) is 6.92 Å². The number of carbonyl (C=O) groups excluding carboxylic acids is 1. The molecule has 160 valence electrons. The number of nitro groups is 1. The van der Waals surface area contributed by atoms with E-state index in [0.29, 0.717) is 22.3 Å². The van der Waals surface area contributed by atoms with Gasteiger partial charge < -0.3 is 10.1 Å². The third-order valence-corrected chi connectivity index (χ3v) is 4.80. The molecule has 4 rings (SSSR count). The maximum atomic E-state index is 12.4. The molecule has 1 amide bonds. The van der Waals surface area contributed by atoms with Crippen LogP contribution in [-0.2, 0) is 4.79 Å². The quantitative estimate of drug-likeness (QED) is 0.278. The van der Waals surface area contributed by atoms with Crippen molar-refractivity contribution in [1.29, 1.82) is 0 Å². The number of non-ortho nitro benzene ring substituents is 1. The summed E-state index contributed by atoms with van der Waals surface area (Å²) in [5, 5.41) is 22.7. The lowest BCUT2D eigenvalue weighted by Gasteiger charge is -2.05. The number of hydrogen-bond acceptors (Lipinski definition) is 6. The summed E-state index contributed by atoms with van der Waals surface area (Å²) in [6.07, 6.45) is 2.85. The SMILES string of the molecule is COc1ccc(-n2nc3cc(C)c(NC(=O)/C=C/c4cccc([N+](=O)[O-])c4)cc3n2)cc1. The second-order valence-electron chi connectivity index (χ2n) is 7.02. The van der Waals surface area contributed by atoms with E-state index in [4.69, 9.17) is 4.74 Å². The molecule has 3 aromatic carbocycles. The number of rotatable bonds is 6. The summed E-state index contributed by atoms with van der Waals surface area (Å²) in [6.45, 7) is 1.87. The van der Waals surface area contributed by atoms with Crippen molar-refractivity contribution >= 4 is 34.4 Å². The van der Waals surface area contributed by atoms with Gasteiger partial charge in [0.2, 0.25) is 5.91 Å². The minimum atomic E-state index is -0.477. The van der Waals surface area contributed by atoms with Crippen molar-refractivity contribution in [3.8, 4) is 11.4 Å². The predicted octanol–water partition coefficient (Wildman–Crippen LogP) is 4.30. The zero-order chi connectivity index (χ0) is 22.7.